The monoisotopic (exact) mass is 402 g/mol. The van der Waals surface area contributed by atoms with Gasteiger partial charge in [-0.15, -0.1) is 0 Å². The second kappa shape index (κ2) is 7.90. The fourth-order valence-electron chi connectivity index (χ4n) is 3.54. The number of carbonyl (C=O) groups is 1. The predicted octanol–water partition coefficient (Wildman–Crippen LogP) is 3.18. The number of amides is 1. The molecule has 1 atom stereocenters. The number of hydrogen-bond donors (Lipinski definition) is 1. The Hall–Kier alpha value is -3.81. The zero-order valence-electron chi connectivity index (χ0n) is 17.0. The SMILES string of the molecule is CC[C@@H](C(=O)Nc1cccnc1)n1nc(C)c2nn(-c3ccccc3)c(C)c2c1=O. The molecule has 0 unspecified atom stereocenters. The first-order valence-electron chi connectivity index (χ1n) is 9.76. The van der Waals surface area contributed by atoms with E-state index in [9.17, 15) is 9.59 Å². The van der Waals surface area contributed by atoms with Gasteiger partial charge in [0.05, 0.1) is 34.3 Å². The Kier molecular flexibility index (Phi) is 5.14. The summed E-state index contributed by atoms with van der Waals surface area (Å²) >= 11 is 0. The molecule has 3 heterocycles. The molecule has 0 radical (unpaired) electrons. The molecule has 0 spiro atoms. The summed E-state index contributed by atoms with van der Waals surface area (Å²) < 4.78 is 3.01. The van der Waals surface area contributed by atoms with E-state index in [0.717, 1.165) is 5.69 Å². The lowest BCUT2D eigenvalue weighted by Gasteiger charge is -2.17. The summed E-state index contributed by atoms with van der Waals surface area (Å²) in [7, 11) is 0. The van der Waals surface area contributed by atoms with E-state index < -0.39 is 6.04 Å². The maximum Gasteiger partial charge on any atom is 0.278 e. The van der Waals surface area contributed by atoms with Crippen molar-refractivity contribution in [1.82, 2.24) is 24.5 Å². The Morgan fingerprint density at radius 1 is 1.10 bits per heavy atom. The number of aryl methyl sites for hydroxylation is 2. The Labute approximate surface area is 173 Å². The molecule has 0 saturated carbocycles. The number of nitrogens with one attached hydrogen (secondary N) is 1. The summed E-state index contributed by atoms with van der Waals surface area (Å²) in [5, 5.41) is 12.3. The Balaban J connectivity index is 1.81. The summed E-state index contributed by atoms with van der Waals surface area (Å²) in [6, 6.07) is 12.3. The third-order valence-corrected chi connectivity index (χ3v) is 5.05. The first kappa shape index (κ1) is 19.5. The van der Waals surface area contributed by atoms with Crippen molar-refractivity contribution >= 4 is 22.5 Å². The van der Waals surface area contributed by atoms with Crippen molar-refractivity contribution in [3.8, 4) is 5.69 Å². The van der Waals surface area contributed by atoms with Crippen molar-refractivity contribution in [1.29, 1.82) is 0 Å². The van der Waals surface area contributed by atoms with E-state index in [4.69, 9.17) is 0 Å². The van der Waals surface area contributed by atoms with Gasteiger partial charge in [-0.3, -0.25) is 14.6 Å². The van der Waals surface area contributed by atoms with Gasteiger partial charge in [0, 0.05) is 6.20 Å². The number of aromatic nitrogens is 5. The highest BCUT2D eigenvalue weighted by Crippen LogP contribution is 2.21. The lowest BCUT2D eigenvalue weighted by atomic mass is 10.2. The number of para-hydroxylation sites is 1. The fourth-order valence-corrected chi connectivity index (χ4v) is 3.54. The van der Waals surface area contributed by atoms with Crippen LogP contribution in [0.1, 0.15) is 30.8 Å². The van der Waals surface area contributed by atoms with Crippen molar-refractivity contribution < 1.29 is 4.79 Å². The molecule has 1 aromatic carbocycles. The molecule has 0 fully saturated rings. The van der Waals surface area contributed by atoms with Crippen LogP contribution in [0.2, 0.25) is 0 Å². The number of anilines is 1. The molecule has 0 aliphatic heterocycles. The molecule has 0 saturated heterocycles. The van der Waals surface area contributed by atoms with Crippen LogP contribution in [0.3, 0.4) is 0 Å². The van der Waals surface area contributed by atoms with Crippen LogP contribution in [0.25, 0.3) is 16.6 Å². The first-order valence-corrected chi connectivity index (χ1v) is 9.76. The molecule has 1 N–H and O–H groups in total. The van der Waals surface area contributed by atoms with E-state index in [2.05, 4.69) is 20.5 Å². The van der Waals surface area contributed by atoms with Gasteiger partial charge in [0.15, 0.2) is 0 Å². The normalized spacial score (nSPS) is 12.1. The van der Waals surface area contributed by atoms with Crippen LogP contribution in [-0.4, -0.2) is 30.5 Å². The van der Waals surface area contributed by atoms with Gasteiger partial charge in [-0.05, 0) is 44.5 Å². The van der Waals surface area contributed by atoms with Crippen LogP contribution in [0.15, 0.2) is 59.7 Å². The van der Waals surface area contributed by atoms with Gasteiger partial charge in [0.1, 0.15) is 11.6 Å². The molecule has 30 heavy (non-hydrogen) atoms. The molecule has 4 rings (SSSR count). The lowest BCUT2D eigenvalue weighted by Crippen LogP contribution is -2.35. The Morgan fingerprint density at radius 3 is 2.53 bits per heavy atom. The minimum absolute atomic E-state index is 0.313. The van der Waals surface area contributed by atoms with Crippen LogP contribution in [0.4, 0.5) is 5.69 Å². The number of benzene rings is 1. The molecule has 4 aromatic rings. The molecule has 1 amide bonds. The van der Waals surface area contributed by atoms with E-state index in [-0.39, 0.29) is 11.5 Å². The Bertz CT molecular complexity index is 1260. The second-order valence-electron chi connectivity index (χ2n) is 7.05. The number of fused-ring (bicyclic) bond motifs is 1. The standard InChI is InChI=1S/C22H22N6O2/c1-4-18(21(29)24-16-9-8-12-23-13-16)28-22(30)19-15(3)27(17-10-6-5-7-11-17)26-20(19)14(2)25-28/h5-13,18H,4H2,1-3H3,(H,24,29)/t18-/m0/s1. The largest absolute Gasteiger partial charge is 0.323 e. The van der Waals surface area contributed by atoms with Crippen molar-refractivity contribution in [2.75, 3.05) is 5.32 Å². The zero-order chi connectivity index (χ0) is 21.3. The molecule has 152 valence electrons. The van der Waals surface area contributed by atoms with Gasteiger partial charge < -0.3 is 5.32 Å². The van der Waals surface area contributed by atoms with Crippen molar-refractivity contribution in [2.45, 2.75) is 33.2 Å². The van der Waals surface area contributed by atoms with Gasteiger partial charge in [0.25, 0.3) is 5.56 Å². The summed E-state index contributed by atoms with van der Waals surface area (Å²) in [5.74, 6) is -0.313. The van der Waals surface area contributed by atoms with E-state index in [1.807, 2.05) is 44.2 Å². The molecule has 3 aromatic heterocycles. The van der Waals surface area contributed by atoms with Gasteiger partial charge in [0.2, 0.25) is 5.91 Å². The maximum absolute atomic E-state index is 13.4. The van der Waals surface area contributed by atoms with Gasteiger partial charge in [-0.1, -0.05) is 25.1 Å². The predicted molar refractivity (Wildman–Crippen MR) is 115 cm³/mol. The Morgan fingerprint density at radius 2 is 1.87 bits per heavy atom. The molecule has 8 nitrogen and oxygen atoms in total. The topological polar surface area (TPSA) is 94.7 Å². The highest BCUT2D eigenvalue weighted by Gasteiger charge is 2.25. The van der Waals surface area contributed by atoms with E-state index in [1.54, 1.807) is 36.1 Å². The summed E-state index contributed by atoms with van der Waals surface area (Å²) in [4.78, 5) is 30.3. The summed E-state index contributed by atoms with van der Waals surface area (Å²) in [5.41, 5.74) is 2.94. The van der Waals surface area contributed by atoms with Crippen LogP contribution in [-0.2, 0) is 4.79 Å². The number of rotatable bonds is 5. The molecule has 0 aliphatic rings. The molecule has 0 bridgehead atoms. The van der Waals surface area contributed by atoms with Crippen molar-refractivity contribution in [3.05, 3.63) is 76.6 Å². The average Bonchev–Trinajstić information content (AvgIpc) is 3.11. The smallest absolute Gasteiger partial charge is 0.278 e. The van der Waals surface area contributed by atoms with Gasteiger partial charge in [-0.2, -0.15) is 10.2 Å². The minimum Gasteiger partial charge on any atom is -0.323 e. The summed E-state index contributed by atoms with van der Waals surface area (Å²) in [6.45, 7) is 5.50. The second-order valence-corrected chi connectivity index (χ2v) is 7.05. The van der Waals surface area contributed by atoms with E-state index >= 15 is 0 Å². The molecular formula is C22H22N6O2. The van der Waals surface area contributed by atoms with E-state index in [0.29, 0.717) is 34.4 Å². The molecular weight excluding hydrogens is 380 g/mol. The van der Waals surface area contributed by atoms with Crippen LogP contribution >= 0.6 is 0 Å². The quantitative estimate of drug-likeness (QED) is 0.553. The molecule has 0 aliphatic carbocycles. The van der Waals surface area contributed by atoms with Crippen LogP contribution < -0.4 is 10.9 Å². The highest BCUT2D eigenvalue weighted by molar-refractivity contribution is 5.93. The fraction of sp³-hybridized carbons (Fsp3) is 0.227. The zero-order valence-corrected chi connectivity index (χ0v) is 17.0. The van der Waals surface area contributed by atoms with E-state index in [1.165, 1.54) is 4.68 Å². The number of nitrogens with zero attached hydrogens (tertiary/aromatic N) is 5. The van der Waals surface area contributed by atoms with Gasteiger partial charge in [-0.25, -0.2) is 9.36 Å². The maximum atomic E-state index is 13.4. The number of carbonyl (C=O) groups excluding carboxylic acids is 1. The third kappa shape index (κ3) is 3.36. The number of pyridine rings is 1. The van der Waals surface area contributed by atoms with Crippen LogP contribution in [0.5, 0.6) is 0 Å². The average molecular weight is 402 g/mol. The van der Waals surface area contributed by atoms with Crippen molar-refractivity contribution in [3.63, 3.8) is 0 Å². The van der Waals surface area contributed by atoms with Crippen molar-refractivity contribution in [2.24, 2.45) is 0 Å². The highest BCUT2D eigenvalue weighted by atomic mass is 16.2. The first-order chi connectivity index (χ1) is 14.5. The summed E-state index contributed by atoms with van der Waals surface area (Å²) in [6.07, 6.45) is 3.60. The van der Waals surface area contributed by atoms with Crippen LogP contribution in [0, 0.1) is 13.8 Å². The minimum atomic E-state index is -0.750. The van der Waals surface area contributed by atoms with Gasteiger partial charge >= 0.3 is 0 Å². The lowest BCUT2D eigenvalue weighted by molar-refractivity contribution is -0.119. The molecule has 8 heteroatoms. The number of hydrogen-bond acceptors (Lipinski definition) is 5. The third-order valence-electron chi connectivity index (χ3n) is 5.05.